The van der Waals surface area contributed by atoms with Gasteiger partial charge in [-0.05, 0) is 49.0 Å². The molecule has 2 nitrogen and oxygen atoms in total. The smallest absolute Gasteiger partial charge is 0.0870 e. The molecule has 0 fully saturated rings. The molecule has 0 heterocycles. The van der Waals surface area contributed by atoms with E-state index in [0.717, 1.165) is 35.1 Å². The zero-order valence-corrected chi connectivity index (χ0v) is 15.2. The second-order valence-electron chi connectivity index (χ2n) is 7.22. The molecule has 3 aliphatic rings. The molecule has 2 N–H and O–H groups in total. The van der Waals surface area contributed by atoms with E-state index in [1.54, 1.807) is 0 Å². The maximum Gasteiger partial charge on any atom is 0.0870 e. The van der Waals surface area contributed by atoms with Crippen molar-refractivity contribution >= 4 is 17.0 Å². The van der Waals surface area contributed by atoms with Crippen molar-refractivity contribution in [2.45, 2.75) is 26.7 Å². The largest absolute Gasteiger partial charge is 0.298 e. The Morgan fingerprint density at radius 2 is 1.15 bits per heavy atom. The van der Waals surface area contributed by atoms with Crippen LogP contribution >= 0.6 is 0 Å². The number of hydrogen-bond acceptors (Lipinski definition) is 2. The SMILES string of the molecule is CC1=CC=C(C2=CC=C(C3=CC=C(c4ccc(C)cc4)C3)C(=N)C2=N)C1. The van der Waals surface area contributed by atoms with Crippen molar-refractivity contribution in [2.24, 2.45) is 0 Å². The number of aryl methyl sites for hydroxylation is 1. The van der Waals surface area contributed by atoms with Crippen molar-refractivity contribution < 1.29 is 0 Å². The molecule has 0 unspecified atom stereocenters. The lowest BCUT2D eigenvalue weighted by atomic mass is 9.85. The van der Waals surface area contributed by atoms with Gasteiger partial charge in [0.15, 0.2) is 0 Å². The predicted molar refractivity (Wildman–Crippen MR) is 110 cm³/mol. The molecule has 0 amide bonds. The van der Waals surface area contributed by atoms with Crippen molar-refractivity contribution in [1.29, 1.82) is 10.8 Å². The summed E-state index contributed by atoms with van der Waals surface area (Å²) in [5.41, 5.74) is 9.76. The molecule has 0 spiro atoms. The minimum absolute atomic E-state index is 0.331. The van der Waals surface area contributed by atoms with Crippen LogP contribution in [0.1, 0.15) is 30.9 Å². The molecule has 128 valence electrons. The first-order valence-electron chi connectivity index (χ1n) is 8.97. The van der Waals surface area contributed by atoms with Gasteiger partial charge >= 0.3 is 0 Å². The Bertz CT molecular complexity index is 1000. The van der Waals surface area contributed by atoms with Gasteiger partial charge in [-0.15, -0.1) is 0 Å². The fourth-order valence-corrected chi connectivity index (χ4v) is 3.66. The average molecular weight is 338 g/mol. The molecular weight excluding hydrogens is 316 g/mol. The van der Waals surface area contributed by atoms with Gasteiger partial charge in [0.25, 0.3) is 0 Å². The number of benzene rings is 1. The van der Waals surface area contributed by atoms with Crippen LogP contribution in [0.25, 0.3) is 5.57 Å². The fraction of sp³-hybridized carbons (Fsp3) is 0.167. The first kappa shape index (κ1) is 16.5. The molecule has 26 heavy (non-hydrogen) atoms. The van der Waals surface area contributed by atoms with Crippen LogP contribution in [0.2, 0.25) is 0 Å². The number of nitrogens with one attached hydrogen (secondary N) is 2. The van der Waals surface area contributed by atoms with Crippen LogP contribution in [0.15, 0.2) is 88.6 Å². The average Bonchev–Trinajstić information content (AvgIpc) is 3.27. The first-order chi connectivity index (χ1) is 12.5. The first-order valence-corrected chi connectivity index (χ1v) is 8.97. The minimum Gasteiger partial charge on any atom is -0.298 e. The maximum absolute atomic E-state index is 8.52. The number of rotatable bonds is 3. The second kappa shape index (κ2) is 6.38. The summed E-state index contributed by atoms with van der Waals surface area (Å²) >= 11 is 0. The molecule has 1 aromatic carbocycles. The highest BCUT2D eigenvalue weighted by Crippen LogP contribution is 2.35. The summed E-state index contributed by atoms with van der Waals surface area (Å²) in [5, 5.41) is 17.0. The van der Waals surface area contributed by atoms with E-state index < -0.39 is 0 Å². The van der Waals surface area contributed by atoms with Crippen molar-refractivity contribution in [3.05, 3.63) is 99.7 Å². The van der Waals surface area contributed by atoms with E-state index in [2.05, 4.69) is 62.4 Å². The lowest BCUT2D eigenvalue weighted by Crippen LogP contribution is -2.22. The summed E-state index contributed by atoms with van der Waals surface area (Å²) in [6, 6.07) is 8.57. The molecule has 0 radical (unpaired) electrons. The molecule has 0 bridgehead atoms. The topological polar surface area (TPSA) is 47.7 Å². The third-order valence-electron chi connectivity index (χ3n) is 5.22. The van der Waals surface area contributed by atoms with Crippen molar-refractivity contribution in [2.75, 3.05) is 0 Å². The van der Waals surface area contributed by atoms with Crippen LogP contribution in [0.5, 0.6) is 0 Å². The standard InChI is InChI=1S/C24H22N2/c1-15-3-6-17(7-4-15)18-9-10-20(14-18)22-12-11-21(23(25)24(22)26)19-8-5-16(2)13-19/h3-12,25-26H,13-14H2,1-2H3. The third kappa shape index (κ3) is 2.88. The zero-order valence-electron chi connectivity index (χ0n) is 15.2. The Morgan fingerprint density at radius 3 is 1.73 bits per heavy atom. The quantitative estimate of drug-likeness (QED) is 0.646. The minimum atomic E-state index is 0.331. The summed E-state index contributed by atoms with van der Waals surface area (Å²) in [6.07, 6.45) is 14.1. The van der Waals surface area contributed by atoms with Crippen molar-refractivity contribution in [1.82, 2.24) is 0 Å². The van der Waals surface area contributed by atoms with E-state index in [1.165, 1.54) is 22.3 Å². The van der Waals surface area contributed by atoms with Gasteiger partial charge in [-0.3, -0.25) is 10.8 Å². The molecule has 0 aromatic heterocycles. The van der Waals surface area contributed by atoms with Gasteiger partial charge in [0.1, 0.15) is 0 Å². The summed E-state index contributed by atoms with van der Waals surface area (Å²) in [5.74, 6) is 0. The summed E-state index contributed by atoms with van der Waals surface area (Å²) in [4.78, 5) is 0. The molecule has 2 heteroatoms. The lowest BCUT2D eigenvalue weighted by molar-refractivity contribution is 1.17. The Kier molecular flexibility index (Phi) is 4.04. The Labute approximate surface area is 154 Å². The van der Waals surface area contributed by atoms with Crippen LogP contribution in [-0.2, 0) is 0 Å². The van der Waals surface area contributed by atoms with Gasteiger partial charge < -0.3 is 0 Å². The van der Waals surface area contributed by atoms with E-state index in [4.69, 9.17) is 10.8 Å². The molecular formula is C24H22N2. The van der Waals surface area contributed by atoms with E-state index >= 15 is 0 Å². The lowest BCUT2D eigenvalue weighted by Gasteiger charge is -2.19. The summed E-state index contributed by atoms with van der Waals surface area (Å²) in [6.45, 7) is 4.20. The maximum atomic E-state index is 8.52. The Morgan fingerprint density at radius 1 is 0.615 bits per heavy atom. The van der Waals surface area contributed by atoms with Gasteiger partial charge in [-0.25, -0.2) is 0 Å². The van der Waals surface area contributed by atoms with E-state index in [9.17, 15) is 0 Å². The molecule has 3 aliphatic carbocycles. The van der Waals surface area contributed by atoms with E-state index in [1.807, 2.05) is 12.2 Å². The zero-order chi connectivity index (χ0) is 18.3. The second-order valence-corrected chi connectivity index (χ2v) is 7.22. The van der Waals surface area contributed by atoms with Gasteiger partial charge in [0.2, 0.25) is 0 Å². The monoisotopic (exact) mass is 338 g/mol. The van der Waals surface area contributed by atoms with Gasteiger partial charge in [-0.2, -0.15) is 0 Å². The van der Waals surface area contributed by atoms with E-state index in [-0.39, 0.29) is 0 Å². The van der Waals surface area contributed by atoms with Crippen LogP contribution in [0.3, 0.4) is 0 Å². The highest BCUT2D eigenvalue weighted by atomic mass is 14.6. The van der Waals surface area contributed by atoms with Crippen molar-refractivity contribution in [3.8, 4) is 0 Å². The normalized spacial score (nSPS) is 19.6. The van der Waals surface area contributed by atoms with Crippen LogP contribution < -0.4 is 0 Å². The fourth-order valence-electron chi connectivity index (χ4n) is 3.66. The molecule has 0 saturated carbocycles. The molecule has 0 atom stereocenters. The third-order valence-corrected chi connectivity index (χ3v) is 5.22. The van der Waals surface area contributed by atoms with E-state index in [0.29, 0.717) is 11.4 Å². The number of hydrogen-bond donors (Lipinski definition) is 2. The van der Waals surface area contributed by atoms with Crippen LogP contribution in [-0.4, -0.2) is 11.4 Å². The van der Waals surface area contributed by atoms with Crippen molar-refractivity contribution in [3.63, 3.8) is 0 Å². The highest BCUT2D eigenvalue weighted by molar-refractivity contribution is 6.54. The predicted octanol–water partition coefficient (Wildman–Crippen LogP) is 5.89. The van der Waals surface area contributed by atoms with Gasteiger partial charge in [0, 0.05) is 11.1 Å². The molecule has 0 saturated heterocycles. The highest BCUT2D eigenvalue weighted by Gasteiger charge is 2.25. The summed E-state index contributed by atoms with van der Waals surface area (Å²) < 4.78 is 0. The van der Waals surface area contributed by atoms with Crippen LogP contribution in [0, 0.1) is 17.7 Å². The molecule has 1 aromatic rings. The summed E-state index contributed by atoms with van der Waals surface area (Å²) in [7, 11) is 0. The Hall–Kier alpha value is -3.00. The molecule has 0 aliphatic heterocycles. The van der Waals surface area contributed by atoms with Crippen LogP contribution in [0.4, 0.5) is 0 Å². The van der Waals surface area contributed by atoms with Gasteiger partial charge in [-0.1, -0.05) is 71.9 Å². The number of allylic oxidation sites excluding steroid dienone is 12. The Balaban J connectivity index is 1.55. The van der Waals surface area contributed by atoms with Gasteiger partial charge in [0.05, 0.1) is 11.4 Å². The molecule has 4 rings (SSSR count).